The first-order valence-corrected chi connectivity index (χ1v) is 10.7. The summed E-state index contributed by atoms with van der Waals surface area (Å²) in [6.07, 6.45) is 2.14. The van der Waals surface area contributed by atoms with E-state index in [0.717, 1.165) is 30.7 Å². The Hall–Kier alpha value is -2.87. The van der Waals surface area contributed by atoms with Crippen LogP contribution >= 0.6 is 0 Å². The number of hydrogen-bond acceptors (Lipinski definition) is 1. The zero-order valence-electron chi connectivity index (χ0n) is 17.7. The molecular formula is C27H30N2. The lowest BCUT2D eigenvalue weighted by atomic mass is 9.96. The maximum absolute atomic E-state index is 5.04. The van der Waals surface area contributed by atoms with E-state index in [-0.39, 0.29) is 5.92 Å². The first kappa shape index (κ1) is 19.4. The highest BCUT2D eigenvalue weighted by Crippen LogP contribution is 2.28. The molecule has 1 aromatic heterocycles. The molecule has 0 radical (unpaired) electrons. The molecule has 2 nitrogen and oxygen atoms in total. The van der Waals surface area contributed by atoms with Crippen molar-refractivity contribution in [2.75, 3.05) is 0 Å². The molecule has 0 aliphatic carbocycles. The molecule has 3 aromatic carbocycles. The van der Waals surface area contributed by atoms with Crippen molar-refractivity contribution in [2.45, 2.75) is 46.1 Å². The van der Waals surface area contributed by atoms with E-state index < -0.39 is 0 Å². The number of rotatable bonds is 7. The van der Waals surface area contributed by atoms with Gasteiger partial charge in [-0.3, -0.25) is 0 Å². The molecule has 0 fully saturated rings. The third-order valence-corrected chi connectivity index (χ3v) is 5.66. The molecule has 2 heteroatoms. The molecule has 0 bridgehead atoms. The van der Waals surface area contributed by atoms with E-state index in [0.29, 0.717) is 5.92 Å². The number of imidazole rings is 1. The van der Waals surface area contributed by atoms with E-state index >= 15 is 0 Å². The van der Waals surface area contributed by atoms with Crippen LogP contribution in [0, 0.1) is 5.92 Å². The minimum absolute atomic E-state index is 0.256. The van der Waals surface area contributed by atoms with Crippen LogP contribution in [0.2, 0.25) is 0 Å². The number of para-hydroxylation sites is 2. The van der Waals surface area contributed by atoms with Gasteiger partial charge in [0.25, 0.3) is 0 Å². The van der Waals surface area contributed by atoms with Crippen LogP contribution in [0.3, 0.4) is 0 Å². The zero-order chi connectivity index (χ0) is 20.2. The fraction of sp³-hybridized carbons (Fsp3) is 0.296. The van der Waals surface area contributed by atoms with Crippen LogP contribution in [0.4, 0.5) is 0 Å². The van der Waals surface area contributed by atoms with E-state index in [1.807, 2.05) is 0 Å². The van der Waals surface area contributed by atoms with E-state index in [1.54, 1.807) is 0 Å². The van der Waals surface area contributed by atoms with Crippen LogP contribution < -0.4 is 0 Å². The Morgan fingerprint density at radius 2 is 1.45 bits per heavy atom. The van der Waals surface area contributed by atoms with Crippen molar-refractivity contribution < 1.29 is 0 Å². The van der Waals surface area contributed by atoms with Crippen LogP contribution in [0.1, 0.15) is 49.2 Å². The van der Waals surface area contributed by atoms with Crippen LogP contribution in [0.25, 0.3) is 11.0 Å². The van der Waals surface area contributed by atoms with E-state index in [9.17, 15) is 0 Å². The number of nitrogens with zero attached hydrogens (tertiary/aromatic N) is 2. The lowest BCUT2D eigenvalue weighted by Crippen LogP contribution is -2.10. The first-order chi connectivity index (χ1) is 14.1. The summed E-state index contributed by atoms with van der Waals surface area (Å²) >= 11 is 0. The number of benzene rings is 3. The second kappa shape index (κ2) is 8.65. The summed E-state index contributed by atoms with van der Waals surface area (Å²) in [5, 5.41) is 0. The van der Waals surface area contributed by atoms with Gasteiger partial charge in [-0.25, -0.2) is 4.98 Å². The monoisotopic (exact) mass is 382 g/mol. The lowest BCUT2D eigenvalue weighted by Gasteiger charge is -2.16. The smallest absolute Gasteiger partial charge is 0.117 e. The van der Waals surface area contributed by atoms with E-state index in [4.69, 9.17) is 4.98 Å². The Balaban J connectivity index is 1.65. The fourth-order valence-electron chi connectivity index (χ4n) is 4.11. The zero-order valence-corrected chi connectivity index (χ0v) is 17.7. The summed E-state index contributed by atoms with van der Waals surface area (Å²) in [4.78, 5) is 5.04. The van der Waals surface area contributed by atoms with Crippen LogP contribution in [0.15, 0.2) is 78.9 Å². The number of hydrogen-bond donors (Lipinski definition) is 0. The van der Waals surface area contributed by atoms with E-state index in [1.165, 1.54) is 22.2 Å². The minimum atomic E-state index is 0.256. The van der Waals surface area contributed by atoms with Gasteiger partial charge in [-0.1, -0.05) is 87.5 Å². The lowest BCUT2D eigenvalue weighted by molar-refractivity contribution is 0.642. The molecule has 0 saturated heterocycles. The molecule has 1 heterocycles. The Labute approximate surface area is 174 Å². The summed E-state index contributed by atoms with van der Waals surface area (Å²) in [6.45, 7) is 7.75. The third kappa shape index (κ3) is 4.42. The summed E-state index contributed by atoms with van der Waals surface area (Å²) in [5.41, 5.74) is 6.41. The SMILES string of the molecule is CC(C)Cc1ccc([C@@H](C)c2nc3ccccc3n2CCc2ccccc2)cc1. The molecule has 1 atom stereocenters. The predicted octanol–water partition coefficient (Wildman–Crippen LogP) is 6.63. The van der Waals surface area contributed by atoms with Crippen molar-refractivity contribution in [3.63, 3.8) is 0 Å². The maximum Gasteiger partial charge on any atom is 0.117 e. The van der Waals surface area contributed by atoms with Crippen molar-refractivity contribution in [2.24, 2.45) is 5.92 Å². The molecule has 0 unspecified atom stereocenters. The normalized spacial score (nSPS) is 12.6. The molecule has 4 rings (SSSR count). The van der Waals surface area contributed by atoms with Crippen molar-refractivity contribution in [3.8, 4) is 0 Å². The average Bonchev–Trinajstić information content (AvgIpc) is 3.11. The summed E-state index contributed by atoms with van der Waals surface area (Å²) < 4.78 is 2.41. The Bertz CT molecular complexity index is 1060. The molecule has 0 saturated carbocycles. The summed E-state index contributed by atoms with van der Waals surface area (Å²) in [6, 6.07) is 28.3. The minimum Gasteiger partial charge on any atom is -0.327 e. The Morgan fingerprint density at radius 1 is 0.759 bits per heavy atom. The number of aromatic nitrogens is 2. The highest BCUT2D eigenvalue weighted by atomic mass is 15.1. The first-order valence-electron chi connectivity index (χ1n) is 10.7. The molecule has 0 N–H and O–H groups in total. The van der Waals surface area contributed by atoms with Crippen molar-refractivity contribution in [1.29, 1.82) is 0 Å². The Kier molecular flexibility index (Phi) is 5.80. The van der Waals surface area contributed by atoms with Gasteiger partial charge in [0.2, 0.25) is 0 Å². The molecule has 4 aromatic rings. The van der Waals surface area contributed by atoms with Gasteiger partial charge in [0, 0.05) is 12.5 Å². The van der Waals surface area contributed by atoms with Crippen molar-refractivity contribution in [1.82, 2.24) is 9.55 Å². The number of aryl methyl sites for hydroxylation is 2. The van der Waals surface area contributed by atoms with Gasteiger partial charge >= 0.3 is 0 Å². The van der Waals surface area contributed by atoms with E-state index in [2.05, 4.69) is 104 Å². The van der Waals surface area contributed by atoms with Crippen LogP contribution in [-0.2, 0) is 19.4 Å². The highest BCUT2D eigenvalue weighted by molar-refractivity contribution is 5.76. The predicted molar refractivity (Wildman–Crippen MR) is 122 cm³/mol. The second-order valence-corrected chi connectivity index (χ2v) is 8.41. The van der Waals surface area contributed by atoms with Gasteiger partial charge < -0.3 is 4.57 Å². The molecule has 148 valence electrons. The van der Waals surface area contributed by atoms with Gasteiger partial charge in [0.05, 0.1) is 11.0 Å². The second-order valence-electron chi connectivity index (χ2n) is 8.41. The molecule has 29 heavy (non-hydrogen) atoms. The van der Waals surface area contributed by atoms with Crippen LogP contribution in [0.5, 0.6) is 0 Å². The largest absolute Gasteiger partial charge is 0.327 e. The van der Waals surface area contributed by atoms with Crippen molar-refractivity contribution in [3.05, 3.63) is 101 Å². The maximum atomic E-state index is 5.04. The standard InChI is InChI=1S/C27H30N2/c1-20(2)19-23-13-15-24(16-14-23)21(3)27-28-25-11-7-8-12-26(25)29(27)18-17-22-9-5-4-6-10-22/h4-16,20-21H,17-19H2,1-3H3/t21-/m1/s1. The molecule has 0 spiro atoms. The third-order valence-electron chi connectivity index (χ3n) is 5.66. The molecule has 0 amide bonds. The van der Waals surface area contributed by atoms with Gasteiger partial charge in [0.15, 0.2) is 0 Å². The van der Waals surface area contributed by atoms with Gasteiger partial charge in [-0.15, -0.1) is 0 Å². The summed E-state index contributed by atoms with van der Waals surface area (Å²) in [5.74, 6) is 2.09. The quantitative estimate of drug-likeness (QED) is 0.351. The van der Waals surface area contributed by atoms with Gasteiger partial charge in [0.1, 0.15) is 5.82 Å². The van der Waals surface area contributed by atoms with Crippen molar-refractivity contribution >= 4 is 11.0 Å². The van der Waals surface area contributed by atoms with Crippen LogP contribution in [-0.4, -0.2) is 9.55 Å². The molecular weight excluding hydrogens is 352 g/mol. The highest BCUT2D eigenvalue weighted by Gasteiger charge is 2.18. The summed E-state index contributed by atoms with van der Waals surface area (Å²) in [7, 11) is 0. The molecule has 0 aliphatic rings. The van der Waals surface area contributed by atoms with Gasteiger partial charge in [-0.2, -0.15) is 0 Å². The van der Waals surface area contributed by atoms with Gasteiger partial charge in [-0.05, 0) is 47.6 Å². The number of fused-ring (bicyclic) bond motifs is 1. The Morgan fingerprint density at radius 3 is 2.17 bits per heavy atom. The average molecular weight is 383 g/mol. The topological polar surface area (TPSA) is 17.8 Å². The molecule has 0 aliphatic heterocycles. The fourth-order valence-corrected chi connectivity index (χ4v) is 4.11.